The molecule has 0 saturated carbocycles. The highest BCUT2D eigenvalue weighted by molar-refractivity contribution is 6.32. The Kier molecular flexibility index (Phi) is 4.32. The molecule has 0 amide bonds. The molecule has 21 heavy (non-hydrogen) atoms. The Morgan fingerprint density at radius 2 is 2.14 bits per heavy atom. The molecule has 0 aliphatic carbocycles. The van der Waals surface area contributed by atoms with Gasteiger partial charge in [0.05, 0.1) is 24.8 Å². The van der Waals surface area contributed by atoms with E-state index in [0.29, 0.717) is 10.8 Å². The van der Waals surface area contributed by atoms with Crippen molar-refractivity contribution >= 4 is 17.3 Å². The van der Waals surface area contributed by atoms with E-state index in [2.05, 4.69) is 29.6 Å². The SMILES string of the molecule is COc1ccc(NCC2OCCc3ccccc32)cc1Cl. The number of anilines is 1. The van der Waals surface area contributed by atoms with Crippen LogP contribution in [0.5, 0.6) is 5.75 Å². The van der Waals surface area contributed by atoms with Gasteiger partial charge in [-0.3, -0.25) is 0 Å². The first-order chi connectivity index (χ1) is 10.3. The second kappa shape index (κ2) is 6.37. The van der Waals surface area contributed by atoms with Crippen LogP contribution in [0.4, 0.5) is 5.69 Å². The maximum atomic E-state index is 6.14. The number of halogens is 1. The predicted octanol–water partition coefficient (Wildman–Crippen LogP) is 4.07. The largest absolute Gasteiger partial charge is 0.495 e. The number of fused-ring (bicyclic) bond motifs is 1. The van der Waals surface area contributed by atoms with Crippen LogP contribution in [0, 0.1) is 0 Å². The average molecular weight is 304 g/mol. The van der Waals surface area contributed by atoms with Gasteiger partial charge < -0.3 is 14.8 Å². The van der Waals surface area contributed by atoms with Crippen molar-refractivity contribution in [1.82, 2.24) is 0 Å². The summed E-state index contributed by atoms with van der Waals surface area (Å²) in [6, 6.07) is 14.1. The van der Waals surface area contributed by atoms with E-state index in [4.69, 9.17) is 21.1 Å². The fraction of sp³-hybridized carbons (Fsp3) is 0.294. The van der Waals surface area contributed by atoms with Crippen LogP contribution in [0.1, 0.15) is 17.2 Å². The summed E-state index contributed by atoms with van der Waals surface area (Å²) in [5, 5.41) is 3.99. The van der Waals surface area contributed by atoms with Gasteiger partial charge in [0.1, 0.15) is 5.75 Å². The minimum atomic E-state index is 0.0795. The minimum Gasteiger partial charge on any atom is -0.495 e. The van der Waals surface area contributed by atoms with Gasteiger partial charge in [-0.2, -0.15) is 0 Å². The molecule has 1 unspecified atom stereocenters. The minimum absolute atomic E-state index is 0.0795. The van der Waals surface area contributed by atoms with Crippen molar-refractivity contribution in [3.8, 4) is 5.75 Å². The molecule has 3 nitrogen and oxygen atoms in total. The van der Waals surface area contributed by atoms with Gasteiger partial charge in [0.15, 0.2) is 0 Å². The fourth-order valence-electron chi connectivity index (χ4n) is 2.63. The third-order valence-corrected chi connectivity index (χ3v) is 4.03. The van der Waals surface area contributed by atoms with E-state index in [0.717, 1.165) is 25.3 Å². The summed E-state index contributed by atoms with van der Waals surface area (Å²) in [6.45, 7) is 1.49. The lowest BCUT2D eigenvalue weighted by Crippen LogP contribution is -2.22. The van der Waals surface area contributed by atoms with Gasteiger partial charge in [-0.1, -0.05) is 35.9 Å². The summed E-state index contributed by atoms with van der Waals surface area (Å²) in [6.07, 6.45) is 1.07. The van der Waals surface area contributed by atoms with Gasteiger partial charge in [0.25, 0.3) is 0 Å². The molecule has 1 N–H and O–H groups in total. The molecule has 1 heterocycles. The number of ether oxygens (including phenoxy) is 2. The Labute approximate surface area is 129 Å². The first kappa shape index (κ1) is 14.2. The number of hydrogen-bond acceptors (Lipinski definition) is 3. The normalized spacial score (nSPS) is 17.1. The van der Waals surface area contributed by atoms with Gasteiger partial charge >= 0.3 is 0 Å². The van der Waals surface area contributed by atoms with Crippen molar-refractivity contribution in [3.05, 3.63) is 58.6 Å². The molecule has 2 aromatic carbocycles. The fourth-order valence-corrected chi connectivity index (χ4v) is 2.89. The Morgan fingerprint density at radius 3 is 2.95 bits per heavy atom. The molecular formula is C17H18ClNO2. The molecule has 0 saturated heterocycles. The smallest absolute Gasteiger partial charge is 0.137 e. The zero-order valence-corrected chi connectivity index (χ0v) is 12.7. The average Bonchev–Trinajstić information content (AvgIpc) is 2.53. The lowest BCUT2D eigenvalue weighted by molar-refractivity contribution is 0.0513. The van der Waals surface area contributed by atoms with E-state index < -0.39 is 0 Å². The van der Waals surface area contributed by atoms with Gasteiger partial charge in [0, 0.05) is 12.2 Å². The highest BCUT2D eigenvalue weighted by atomic mass is 35.5. The Bertz CT molecular complexity index is 630. The van der Waals surface area contributed by atoms with E-state index >= 15 is 0 Å². The van der Waals surface area contributed by atoms with Crippen LogP contribution in [0.15, 0.2) is 42.5 Å². The molecule has 0 fully saturated rings. The molecule has 4 heteroatoms. The summed E-state index contributed by atoms with van der Waals surface area (Å²) in [4.78, 5) is 0. The summed E-state index contributed by atoms with van der Waals surface area (Å²) in [7, 11) is 1.61. The molecule has 1 aliphatic rings. The van der Waals surface area contributed by atoms with Crippen molar-refractivity contribution in [3.63, 3.8) is 0 Å². The Balaban J connectivity index is 1.70. The van der Waals surface area contributed by atoms with Crippen LogP contribution in [0.2, 0.25) is 5.02 Å². The van der Waals surface area contributed by atoms with Crippen LogP contribution < -0.4 is 10.1 Å². The molecule has 1 aliphatic heterocycles. The molecule has 3 rings (SSSR count). The number of methoxy groups -OCH3 is 1. The van der Waals surface area contributed by atoms with Crippen molar-refractivity contribution in [2.24, 2.45) is 0 Å². The van der Waals surface area contributed by atoms with Crippen molar-refractivity contribution in [1.29, 1.82) is 0 Å². The summed E-state index contributed by atoms with van der Waals surface area (Å²) >= 11 is 6.14. The Morgan fingerprint density at radius 1 is 1.29 bits per heavy atom. The van der Waals surface area contributed by atoms with Crippen LogP contribution in [0.25, 0.3) is 0 Å². The number of nitrogens with one attached hydrogen (secondary N) is 1. The number of rotatable bonds is 4. The van der Waals surface area contributed by atoms with E-state index in [9.17, 15) is 0 Å². The van der Waals surface area contributed by atoms with Crippen LogP contribution >= 0.6 is 11.6 Å². The summed E-state index contributed by atoms with van der Waals surface area (Å²) in [5.41, 5.74) is 3.62. The third-order valence-electron chi connectivity index (χ3n) is 3.74. The van der Waals surface area contributed by atoms with Crippen molar-refractivity contribution in [2.45, 2.75) is 12.5 Å². The summed E-state index contributed by atoms with van der Waals surface area (Å²) in [5.74, 6) is 0.682. The molecule has 0 radical (unpaired) electrons. The number of benzene rings is 2. The molecular weight excluding hydrogens is 286 g/mol. The summed E-state index contributed by atoms with van der Waals surface area (Å²) < 4.78 is 11.0. The first-order valence-corrected chi connectivity index (χ1v) is 7.42. The Hall–Kier alpha value is -1.71. The molecule has 0 spiro atoms. The van der Waals surface area contributed by atoms with Crippen LogP contribution in [-0.4, -0.2) is 20.3 Å². The van der Waals surface area contributed by atoms with E-state index in [1.807, 2.05) is 18.2 Å². The highest BCUT2D eigenvalue weighted by Crippen LogP contribution is 2.29. The topological polar surface area (TPSA) is 30.5 Å². The van der Waals surface area contributed by atoms with E-state index in [1.54, 1.807) is 7.11 Å². The van der Waals surface area contributed by atoms with Crippen LogP contribution in [0.3, 0.4) is 0 Å². The van der Waals surface area contributed by atoms with Crippen molar-refractivity contribution in [2.75, 3.05) is 25.6 Å². The second-order valence-corrected chi connectivity index (χ2v) is 5.45. The lowest BCUT2D eigenvalue weighted by Gasteiger charge is -2.26. The molecule has 0 bridgehead atoms. The maximum Gasteiger partial charge on any atom is 0.137 e. The predicted molar refractivity (Wildman–Crippen MR) is 85.3 cm³/mol. The lowest BCUT2D eigenvalue weighted by atomic mass is 9.97. The van der Waals surface area contributed by atoms with Crippen molar-refractivity contribution < 1.29 is 9.47 Å². The monoisotopic (exact) mass is 303 g/mol. The zero-order valence-electron chi connectivity index (χ0n) is 11.9. The van der Waals surface area contributed by atoms with Gasteiger partial charge in [-0.15, -0.1) is 0 Å². The molecule has 110 valence electrons. The van der Waals surface area contributed by atoms with Gasteiger partial charge in [-0.25, -0.2) is 0 Å². The quantitative estimate of drug-likeness (QED) is 0.923. The highest BCUT2D eigenvalue weighted by Gasteiger charge is 2.20. The number of hydrogen-bond donors (Lipinski definition) is 1. The molecule has 0 aromatic heterocycles. The molecule has 2 aromatic rings. The van der Waals surface area contributed by atoms with E-state index in [1.165, 1.54) is 11.1 Å². The van der Waals surface area contributed by atoms with Crippen LogP contribution in [-0.2, 0) is 11.2 Å². The first-order valence-electron chi connectivity index (χ1n) is 7.05. The van der Waals surface area contributed by atoms with Gasteiger partial charge in [0.2, 0.25) is 0 Å². The molecule has 1 atom stereocenters. The zero-order chi connectivity index (χ0) is 14.7. The standard InChI is InChI=1S/C17H18ClNO2/c1-20-16-7-6-13(10-15(16)18)19-11-17-14-5-3-2-4-12(14)8-9-21-17/h2-7,10,17,19H,8-9,11H2,1H3. The van der Waals surface area contributed by atoms with E-state index in [-0.39, 0.29) is 6.10 Å². The van der Waals surface area contributed by atoms with Gasteiger partial charge in [-0.05, 0) is 35.7 Å². The maximum absolute atomic E-state index is 6.14. The second-order valence-electron chi connectivity index (χ2n) is 5.04. The third kappa shape index (κ3) is 3.14.